The lowest BCUT2D eigenvalue weighted by Gasteiger charge is -2.33. The molecule has 2 saturated heterocycles. The molecule has 1 N–H and O–H groups in total. The maximum Gasteiger partial charge on any atom is 0.240 e. The van der Waals surface area contributed by atoms with Crippen molar-refractivity contribution in [3.63, 3.8) is 0 Å². The summed E-state index contributed by atoms with van der Waals surface area (Å²) in [4.78, 5) is 14.4. The van der Waals surface area contributed by atoms with Crippen molar-refractivity contribution in [1.29, 1.82) is 0 Å². The van der Waals surface area contributed by atoms with Gasteiger partial charge in [-0.15, -0.1) is 11.3 Å². The number of thiophene rings is 1. The van der Waals surface area contributed by atoms with Crippen LogP contribution < -0.4 is 19.3 Å². The molecule has 3 aromatic rings. The molecule has 11 heteroatoms. The number of hydrogen-bond donors (Lipinski definition) is 1. The lowest BCUT2D eigenvalue weighted by Crippen LogP contribution is -2.45. The minimum Gasteiger partial charge on any atom is -0.497 e. The van der Waals surface area contributed by atoms with E-state index in [4.69, 9.17) is 19.4 Å². The zero-order chi connectivity index (χ0) is 22.8. The fourth-order valence-corrected chi connectivity index (χ4v) is 6.36. The van der Waals surface area contributed by atoms with Crippen LogP contribution in [0.2, 0.25) is 0 Å². The van der Waals surface area contributed by atoms with Gasteiger partial charge in [0.1, 0.15) is 5.75 Å². The third kappa shape index (κ3) is 4.77. The monoisotopic (exact) mass is 489 g/mol. The van der Waals surface area contributed by atoms with Crippen molar-refractivity contribution in [2.75, 3.05) is 56.3 Å². The number of morpholine rings is 1. The molecule has 4 heterocycles. The normalized spacial score (nSPS) is 18.1. The Morgan fingerprint density at radius 2 is 1.76 bits per heavy atom. The lowest BCUT2D eigenvalue weighted by molar-refractivity contribution is 0.122. The molecule has 0 bridgehead atoms. The van der Waals surface area contributed by atoms with Crippen molar-refractivity contribution in [2.24, 2.45) is 0 Å². The summed E-state index contributed by atoms with van der Waals surface area (Å²) in [5.41, 5.74) is 0.953. The molecule has 1 aromatic carbocycles. The van der Waals surface area contributed by atoms with Crippen molar-refractivity contribution in [1.82, 2.24) is 14.7 Å². The summed E-state index contributed by atoms with van der Waals surface area (Å²) in [6, 6.07) is 8.34. The van der Waals surface area contributed by atoms with E-state index in [1.807, 2.05) is 11.4 Å². The Kier molecular flexibility index (Phi) is 6.37. The van der Waals surface area contributed by atoms with Crippen LogP contribution in [0.15, 0.2) is 40.6 Å². The van der Waals surface area contributed by atoms with Gasteiger partial charge in [-0.2, -0.15) is 4.98 Å². The third-order valence-electron chi connectivity index (χ3n) is 6.05. The van der Waals surface area contributed by atoms with E-state index in [0.717, 1.165) is 29.1 Å². The first-order valence-electron chi connectivity index (χ1n) is 11.0. The number of nitrogens with zero attached hydrogens (tertiary/aromatic N) is 4. The predicted molar refractivity (Wildman–Crippen MR) is 129 cm³/mol. The molecule has 0 spiro atoms. The second-order valence-corrected chi connectivity index (χ2v) is 10.8. The summed E-state index contributed by atoms with van der Waals surface area (Å²) >= 11 is 1.66. The maximum atomic E-state index is 12.8. The molecule has 9 nitrogen and oxygen atoms in total. The number of nitrogens with one attached hydrogen (secondary N) is 1. The number of benzene rings is 1. The highest BCUT2D eigenvalue weighted by Gasteiger charge is 2.27. The lowest BCUT2D eigenvalue weighted by atomic mass is 10.1. The largest absolute Gasteiger partial charge is 0.497 e. The average molecular weight is 490 g/mol. The van der Waals surface area contributed by atoms with E-state index in [9.17, 15) is 8.42 Å². The third-order valence-corrected chi connectivity index (χ3v) is 8.49. The number of ether oxygens (including phenoxy) is 2. The van der Waals surface area contributed by atoms with Crippen LogP contribution in [0.1, 0.15) is 12.8 Å². The molecule has 0 radical (unpaired) electrons. The van der Waals surface area contributed by atoms with Crippen LogP contribution in [0.25, 0.3) is 10.2 Å². The number of aromatic nitrogens is 2. The van der Waals surface area contributed by atoms with Crippen LogP contribution in [0, 0.1) is 0 Å². The molecular formula is C22H27N5O4S2. The number of methoxy groups -OCH3 is 1. The summed E-state index contributed by atoms with van der Waals surface area (Å²) in [6.45, 7) is 4.41. The number of hydrogen-bond acceptors (Lipinski definition) is 9. The standard InChI is InChI=1S/C22H27N5O4S2/c1-30-17-2-4-18(5-3-17)33(28,29)25-16-6-9-27(10-7-16)22-23-19-8-15-32-20(19)21(24-22)26-11-13-31-14-12-26/h2-5,8,15-16,25H,6-7,9-14H2,1H3. The zero-order valence-electron chi connectivity index (χ0n) is 18.4. The number of piperidine rings is 1. The fourth-order valence-electron chi connectivity index (χ4n) is 4.21. The van der Waals surface area contributed by atoms with Gasteiger partial charge in [0.05, 0.1) is 35.4 Å². The van der Waals surface area contributed by atoms with Gasteiger partial charge < -0.3 is 19.3 Å². The summed E-state index contributed by atoms with van der Waals surface area (Å²) < 4.78 is 40.1. The quantitative estimate of drug-likeness (QED) is 0.564. The topological polar surface area (TPSA) is 96.9 Å². The minimum atomic E-state index is -3.58. The van der Waals surface area contributed by atoms with Crippen molar-refractivity contribution < 1.29 is 17.9 Å². The molecule has 2 aliphatic heterocycles. The number of sulfonamides is 1. The van der Waals surface area contributed by atoms with E-state index in [1.165, 1.54) is 0 Å². The Morgan fingerprint density at radius 3 is 2.45 bits per heavy atom. The molecular weight excluding hydrogens is 462 g/mol. The minimum absolute atomic E-state index is 0.128. The van der Waals surface area contributed by atoms with Crippen LogP contribution >= 0.6 is 11.3 Å². The van der Waals surface area contributed by atoms with Gasteiger partial charge in [-0.05, 0) is 48.6 Å². The summed E-state index contributed by atoms with van der Waals surface area (Å²) in [6.07, 6.45) is 1.38. The fraction of sp³-hybridized carbons (Fsp3) is 0.455. The molecule has 2 fully saturated rings. The van der Waals surface area contributed by atoms with E-state index >= 15 is 0 Å². The molecule has 0 aliphatic carbocycles. The van der Waals surface area contributed by atoms with Crippen molar-refractivity contribution in [3.05, 3.63) is 35.7 Å². The first-order valence-corrected chi connectivity index (χ1v) is 13.4. The molecule has 0 saturated carbocycles. The highest BCUT2D eigenvalue weighted by atomic mass is 32.2. The van der Waals surface area contributed by atoms with Crippen LogP contribution in [0.4, 0.5) is 11.8 Å². The second-order valence-electron chi connectivity index (χ2n) is 8.14. The van der Waals surface area contributed by atoms with E-state index in [-0.39, 0.29) is 10.9 Å². The van der Waals surface area contributed by atoms with Gasteiger partial charge in [0.15, 0.2) is 5.82 Å². The molecule has 2 aliphatic rings. The van der Waals surface area contributed by atoms with Gasteiger partial charge in [0.2, 0.25) is 16.0 Å². The van der Waals surface area contributed by atoms with E-state index in [2.05, 4.69) is 14.5 Å². The van der Waals surface area contributed by atoms with Crippen molar-refractivity contribution in [3.8, 4) is 5.75 Å². The van der Waals surface area contributed by atoms with E-state index in [0.29, 0.717) is 50.8 Å². The van der Waals surface area contributed by atoms with Gasteiger partial charge in [-0.25, -0.2) is 18.1 Å². The Labute approximate surface area is 197 Å². The van der Waals surface area contributed by atoms with Crippen LogP contribution in [-0.2, 0) is 14.8 Å². The number of anilines is 2. The average Bonchev–Trinajstić information content (AvgIpc) is 3.33. The van der Waals surface area contributed by atoms with Gasteiger partial charge >= 0.3 is 0 Å². The molecule has 176 valence electrons. The SMILES string of the molecule is COc1ccc(S(=O)(=O)NC2CCN(c3nc(N4CCOCC4)c4sccc4n3)CC2)cc1. The van der Waals surface area contributed by atoms with Crippen LogP contribution in [-0.4, -0.2) is 70.9 Å². The van der Waals surface area contributed by atoms with Crippen LogP contribution in [0.3, 0.4) is 0 Å². The van der Waals surface area contributed by atoms with Crippen LogP contribution in [0.5, 0.6) is 5.75 Å². The Bertz CT molecular complexity index is 1200. The highest BCUT2D eigenvalue weighted by Crippen LogP contribution is 2.32. The molecule has 5 rings (SSSR count). The first-order chi connectivity index (χ1) is 16.0. The number of fused-ring (bicyclic) bond motifs is 1. The summed E-state index contributed by atoms with van der Waals surface area (Å²) in [7, 11) is -2.03. The summed E-state index contributed by atoms with van der Waals surface area (Å²) in [5, 5.41) is 2.05. The van der Waals surface area contributed by atoms with Gasteiger partial charge in [-0.3, -0.25) is 0 Å². The highest BCUT2D eigenvalue weighted by molar-refractivity contribution is 7.89. The Morgan fingerprint density at radius 1 is 1.03 bits per heavy atom. The molecule has 0 unspecified atom stereocenters. The van der Waals surface area contributed by atoms with Gasteiger partial charge in [0.25, 0.3) is 0 Å². The van der Waals surface area contributed by atoms with Gasteiger partial charge in [0, 0.05) is 32.2 Å². The maximum absolute atomic E-state index is 12.8. The molecule has 33 heavy (non-hydrogen) atoms. The molecule has 0 atom stereocenters. The van der Waals surface area contributed by atoms with Crippen molar-refractivity contribution >= 4 is 43.3 Å². The number of rotatable bonds is 6. The Hall–Kier alpha value is -2.47. The molecule has 2 aromatic heterocycles. The smallest absolute Gasteiger partial charge is 0.240 e. The zero-order valence-corrected chi connectivity index (χ0v) is 20.1. The van der Waals surface area contributed by atoms with Crippen molar-refractivity contribution in [2.45, 2.75) is 23.8 Å². The second kappa shape index (κ2) is 9.41. The summed E-state index contributed by atoms with van der Waals surface area (Å²) in [5.74, 6) is 2.30. The molecule has 0 amide bonds. The Balaban J connectivity index is 1.28. The van der Waals surface area contributed by atoms with E-state index in [1.54, 1.807) is 42.7 Å². The van der Waals surface area contributed by atoms with E-state index < -0.39 is 10.0 Å². The first kappa shape index (κ1) is 22.3. The van der Waals surface area contributed by atoms with Gasteiger partial charge in [-0.1, -0.05) is 0 Å². The predicted octanol–water partition coefficient (Wildman–Crippen LogP) is 2.48.